The molecule has 8 heteroatoms. The lowest BCUT2D eigenvalue weighted by atomic mass is 10.1. The summed E-state index contributed by atoms with van der Waals surface area (Å²) in [5.74, 6) is 0.934. The Morgan fingerprint density at radius 1 is 1.20 bits per heavy atom. The monoisotopic (exact) mass is 298 g/mol. The number of nitrogens with zero attached hydrogens (tertiary/aromatic N) is 2. The van der Waals surface area contributed by atoms with Crippen LogP contribution in [-0.2, 0) is 0 Å². The average Bonchev–Trinajstić information content (AvgIpc) is 2.44. The molecule has 0 saturated carbocycles. The molecule has 20 heavy (non-hydrogen) atoms. The van der Waals surface area contributed by atoms with Gasteiger partial charge in [-0.25, -0.2) is 4.98 Å². The first-order valence-corrected chi connectivity index (χ1v) is 5.84. The van der Waals surface area contributed by atoms with Crippen molar-refractivity contribution in [2.24, 2.45) is 0 Å². The molecule has 0 aliphatic rings. The van der Waals surface area contributed by atoms with Crippen LogP contribution in [0.15, 0.2) is 12.3 Å². The largest absolute Gasteiger partial charge is 0.493 e. The molecule has 2 aromatic rings. The van der Waals surface area contributed by atoms with E-state index in [4.69, 9.17) is 25.8 Å². The van der Waals surface area contributed by atoms with Gasteiger partial charge in [-0.2, -0.15) is 0 Å². The van der Waals surface area contributed by atoms with Crippen molar-refractivity contribution in [3.05, 3.63) is 27.4 Å². The molecule has 0 aliphatic heterocycles. The van der Waals surface area contributed by atoms with E-state index in [2.05, 4.69) is 4.98 Å². The van der Waals surface area contributed by atoms with E-state index in [1.807, 2.05) is 0 Å². The molecule has 0 amide bonds. The number of pyridine rings is 1. The zero-order valence-electron chi connectivity index (χ0n) is 11.0. The van der Waals surface area contributed by atoms with Gasteiger partial charge in [0.2, 0.25) is 5.75 Å². The smallest absolute Gasteiger partial charge is 0.306 e. The van der Waals surface area contributed by atoms with E-state index in [0.717, 1.165) is 6.20 Å². The number of benzene rings is 1. The average molecular weight is 299 g/mol. The molecule has 0 atom stereocenters. The minimum Gasteiger partial charge on any atom is -0.493 e. The summed E-state index contributed by atoms with van der Waals surface area (Å²) in [5, 5.41) is 11.2. The maximum absolute atomic E-state index is 10.9. The van der Waals surface area contributed by atoms with E-state index in [-0.39, 0.29) is 16.5 Å². The number of hydrogen-bond donors (Lipinski definition) is 0. The number of halogens is 1. The van der Waals surface area contributed by atoms with Gasteiger partial charge >= 0.3 is 5.69 Å². The van der Waals surface area contributed by atoms with E-state index < -0.39 is 4.92 Å². The van der Waals surface area contributed by atoms with E-state index in [9.17, 15) is 10.1 Å². The Labute approximate surface area is 119 Å². The molecule has 7 nitrogen and oxygen atoms in total. The highest BCUT2D eigenvalue weighted by Gasteiger charge is 2.24. The summed E-state index contributed by atoms with van der Waals surface area (Å²) in [6.45, 7) is 0. The fraction of sp³-hybridized carbons (Fsp3) is 0.250. The summed E-state index contributed by atoms with van der Waals surface area (Å²) in [4.78, 5) is 14.3. The summed E-state index contributed by atoms with van der Waals surface area (Å²) in [7, 11) is 4.31. The van der Waals surface area contributed by atoms with E-state index in [1.165, 1.54) is 21.3 Å². The van der Waals surface area contributed by atoms with Gasteiger partial charge in [0.15, 0.2) is 11.5 Å². The van der Waals surface area contributed by atoms with E-state index >= 15 is 0 Å². The summed E-state index contributed by atoms with van der Waals surface area (Å²) < 4.78 is 15.7. The van der Waals surface area contributed by atoms with Crippen LogP contribution in [-0.4, -0.2) is 31.2 Å². The molecule has 0 unspecified atom stereocenters. The van der Waals surface area contributed by atoms with Crippen LogP contribution in [0.5, 0.6) is 17.2 Å². The van der Waals surface area contributed by atoms with Crippen LogP contribution in [0.2, 0.25) is 5.02 Å². The molecule has 1 aromatic carbocycles. The minimum atomic E-state index is -0.606. The first-order valence-electron chi connectivity index (χ1n) is 5.46. The standard InChI is InChI=1S/C12H11ClN2O5/c1-18-8-4-6-9(12(20-3)11(8)19-2)10(13)7(5-14-6)15(16)17/h4-5H,1-3H3. The first kappa shape index (κ1) is 14.1. The Morgan fingerprint density at radius 3 is 2.35 bits per heavy atom. The summed E-state index contributed by atoms with van der Waals surface area (Å²) in [6, 6.07) is 1.58. The molecule has 0 radical (unpaired) electrons. The number of methoxy groups -OCH3 is 3. The Bertz CT molecular complexity index is 689. The lowest BCUT2D eigenvalue weighted by Gasteiger charge is -2.14. The second kappa shape index (κ2) is 5.38. The van der Waals surface area contributed by atoms with Crippen molar-refractivity contribution >= 4 is 28.2 Å². The molecule has 1 aromatic heterocycles. The van der Waals surface area contributed by atoms with Crippen LogP contribution >= 0.6 is 11.6 Å². The van der Waals surface area contributed by atoms with Crippen molar-refractivity contribution in [1.82, 2.24) is 4.98 Å². The second-order valence-corrected chi connectivity index (χ2v) is 4.13. The number of rotatable bonds is 4. The fourth-order valence-electron chi connectivity index (χ4n) is 1.90. The van der Waals surface area contributed by atoms with Gasteiger partial charge in [0, 0.05) is 6.07 Å². The van der Waals surface area contributed by atoms with Gasteiger partial charge in [-0.3, -0.25) is 10.1 Å². The van der Waals surface area contributed by atoms with E-state index in [1.54, 1.807) is 6.07 Å². The number of hydrogen-bond acceptors (Lipinski definition) is 6. The van der Waals surface area contributed by atoms with Crippen LogP contribution in [0.1, 0.15) is 0 Å². The Kier molecular flexibility index (Phi) is 3.80. The zero-order valence-corrected chi connectivity index (χ0v) is 11.7. The number of nitro groups is 1. The van der Waals surface area contributed by atoms with Crippen molar-refractivity contribution < 1.29 is 19.1 Å². The molecule has 0 spiro atoms. The van der Waals surface area contributed by atoms with Crippen LogP contribution in [0.25, 0.3) is 10.9 Å². The molecule has 0 bridgehead atoms. The van der Waals surface area contributed by atoms with E-state index in [0.29, 0.717) is 22.4 Å². The Balaban J connectivity index is 2.94. The summed E-state index contributed by atoms with van der Waals surface area (Å²) in [6.07, 6.45) is 1.09. The van der Waals surface area contributed by atoms with Crippen molar-refractivity contribution in [3.8, 4) is 17.2 Å². The molecule has 0 saturated heterocycles. The minimum absolute atomic E-state index is 0.0576. The first-order chi connectivity index (χ1) is 9.54. The third-order valence-electron chi connectivity index (χ3n) is 2.78. The van der Waals surface area contributed by atoms with Gasteiger partial charge in [0.25, 0.3) is 0 Å². The predicted octanol–water partition coefficient (Wildman–Crippen LogP) is 2.82. The molecule has 0 N–H and O–H groups in total. The number of fused-ring (bicyclic) bond motifs is 1. The second-order valence-electron chi connectivity index (χ2n) is 3.75. The SMILES string of the molecule is COc1cc2ncc([N+](=O)[O-])c(Cl)c2c(OC)c1OC. The van der Waals surface area contributed by atoms with Crippen LogP contribution < -0.4 is 14.2 Å². The number of aromatic nitrogens is 1. The highest BCUT2D eigenvalue weighted by molar-refractivity contribution is 6.38. The van der Waals surface area contributed by atoms with Gasteiger partial charge in [-0.05, 0) is 0 Å². The maximum atomic E-state index is 10.9. The van der Waals surface area contributed by atoms with Crippen LogP contribution in [0.3, 0.4) is 0 Å². The van der Waals surface area contributed by atoms with Gasteiger partial charge < -0.3 is 14.2 Å². The third kappa shape index (κ3) is 2.05. The lowest BCUT2D eigenvalue weighted by Crippen LogP contribution is -1.99. The van der Waals surface area contributed by atoms with Crippen molar-refractivity contribution in [1.29, 1.82) is 0 Å². The third-order valence-corrected chi connectivity index (χ3v) is 3.16. The highest BCUT2D eigenvalue weighted by Crippen LogP contribution is 2.46. The molecule has 1 heterocycles. The fourth-order valence-corrected chi connectivity index (χ4v) is 2.20. The molecular weight excluding hydrogens is 288 g/mol. The topological polar surface area (TPSA) is 83.7 Å². The zero-order chi connectivity index (χ0) is 14.9. The van der Waals surface area contributed by atoms with Crippen LogP contribution in [0, 0.1) is 10.1 Å². The summed E-state index contributed by atoms with van der Waals surface area (Å²) >= 11 is 6.09. The van der Waals surface area contributed by atoms with Gasteiger partial charge in [-0.1, -0.05) is 11.6 Å². The highest BCUT2D eigenvalue weighted by atomic mass is 35.5. The summed E-state index contributed by atoms with van der Waals surface area (Å²) in [5.41, 5.74) is 0.111. The molecule has 2 rings (SSSR count). The van der Waals surface area contributed by atoms with Gasteiger partial charge in [-0.15, -0.1) is 0 Å². The van der Waals surface area contributed by atoms with Gasteiger partial charge in [0.05, 0.1) is 37.2 Å². The Morgan fingerprint density at radius 2 is 1.85 bits per heavy atom. The number of ether oxygens (including phenoxy) is 3. The molecule has 0 aliphatic carbocycles. The normalized spacial score (nSPS) is 10.4. The van der Waals surface area contributed by atoms with Gasteiger partial charge in [0.1, 0.15) is 11.2 Å². The van der Waals surface area contributed by atoms with Crippen LogP contribution in [0.4, 0.5) is 5.69 Å². The molecule has 0 fully saturated rings. The quantitative estimate of drug-likeness (QED) is 0.637. The molecular formula is C12H11ClN2O5. The Hall–Kier alpha value is -2.28. The predicted molar refractivity (Wildman–Crippen MR) is 73.1 cm³/mol. The molecule has 106 valence electrons. The lowest BCUT2D eigenvalue weighted by molar-refractivity contribution is -0.384. The van der Waals surface area contributed by atoms with Crippen molar-refractivity contribution in [2.75, 3.05) is 21.3 Å². The van der Waals surface area contributed by atoms with Crippen molar-refractivity contribution in [3.63, 3.8) is 0 Å². The van der Waals surface area contributed by atoms with Crippen molar-refractivity contribution in [2.45, 2.75) is 0 Å². The maximum Gasteiger partial charge on any atom is 0.306 e.